The van der Waals surface area contributed by atoms with Gasteiger partial charge in [0.1, 0.15) is 11.4 Å². The minimum absolute atomic E-state index is 0.00103. The van der Waals surface area contributed by atoms with E-state index in [9.17, 15) is 19.2 Å². The van der Waals surface area contributed by atoms with Crippen LogP contribution in [0.3, 0.4) is 0 Å². The lowest BCUT2D eigenvalue weighted by atomic mass is 9.88. The van der Waals surface area contributed by atoms with Gasteiger partial charge in [-0.1, -0.05) is 56.3 Å². The monoisotopic (exact) mass is 463 g/mol. The van der Waals surface area contributed by atoms with Gasteiger partial charge in [0.05, 0.1) is 23.1 Å². The van der Waals surface area contributed by atoms with E-state index in [-0.39, 0.29) is 36.4 Å². The van der Waals surface area contributed by atoms with Crippen LogP contribution in [0.25, 0.3) is 0 Å². The molecule has 1 aliphatic rings. The molecule has 0 aliphatic carbocycles. The van der Waals surface area contributed by atoms with Crippen molar-refractivity contribution >= 4 is 23.6 Å². The van der Waals surface area contributed by atoms with E-state index < -0.39 is 23.5 Å². The van der Waals surface area contributed by atoms with Crippen LogP contribution >= 0.6 is 0 Å². The third-order valence-electron chi connectivity index (χ3n) is 5.93. The first-order chi connectivity index (χ1) is 16.0. The summed E-state index contributed by atoms with van der Waals surface area (Å²) < 4.78 is 5.53. The molecule has 1 unspecified atom stereocenters. The van der Waals surface area contributed by atoms with Crippen molar-refractivity contribution in [1.82, 2.24) is 4.90 Å². The SMILES string of the molecule is CC(C)C(CC(=O)C[C@H](Cc1ccccc1)N1C(=O)c2ccccc2C1=O)C(=O)OC(C)(C)C. The van der Waals surface area contributed by atoms with E-state index in [2.05, 4.69) is 0 Å². The molecule has 2 atom stereocenters. The van der Waals surface area contributed by atoms with Gasteiger partial charge >= 0.3 is 5.97 Å². The number of Topliss-reactive ketones (excluding diaryl/α,β-unsaturated/α-hetero) is 1. The van der Waals surface area contributed by atoms with Crippen LogP contribution in [-0.4, -0.2) is 40.1 Å². The van der Waals surface area contributed by atoms with Gasteiger partial charge in [0.2, 0.25) is 0 Å². The van der Waals surface area contributed by atoms with E-state index in [1.54, 1.807) is 45.0 Å². The molecule has 0 N–H and O–H groups in total. The van der Waals surface area contributed by atoms with E-state index in [4.69, 9.17) is 4.74 Å². The van der Waals surface area contributed by atoms with Crippen LogP contribution in [0.15, 0.2) is 54.6 Å². The van der Waals surface area contributed by atoms with E-state index >= 15 is 0 Å². The number of fused-ring (bicyclic) bond motifs is 1. The van der Waals surface area contributed by atoms with Crippen molar-refractivity contribution in [2.24, 2.45) is 11.8 Å². The Morgan fingerprint density at radius 2 is 1.38 bits per heavy atom. The van der Waals surface area contributed by atoms with Crippen LogP contribution in [-0.2, 0) is 20.7 Å². The third-order valence-corrected chi connectivity index (χ3v) is 5.93. The number of rotatable bonds is 9. The minimum Gasteiger partial charge on any atom is -0.460 e. The standard InChI is InChI=1S/C28H33NO5/c1-18(2)24(27(33)34-28(3,4)5)17-21(30)16-20(15-19-11-7-6-8-12-19)29-25(31)22-13-9-10-14-23(22)26(29)32/h6-14,18,20,24H,15-17H2,1-5H3/t20-,24?/m0/s1. The van der Waals surface area contributed by atoms with Crippen molar-refractivity contribution in [3.8, 4) is 0 Å². The van der Waals surface area contributed by atoms with Gasteiger partial charge in [-0.2, -0.15) is 0 Å². The summed E-state index contributed by atoms with van der Waals surface area (Å²) >= 11 is 0. The fourth-order valence-corrected chi connectivity index (χ4v) is 4.24. The van der Waals surface area contributed by atoms with Gasteiger partial charge in [-0.05, 0) is 50.8 Å². The molecule has 0 aromatic heterocycles. The van der Waals surface area contributed by atoms with Crippen molar-refractivity contribution in [3.63, 3.8) is 0 Å². The molecule has 0 fully saturated rings. The highest BCUT2D eigenvalue weighted by Gasteiger charge is 2.41. The second-order valence-corrected chi connectivity index (χ2v) is 10.2. The Morgan fingerprint density at radius 1 is 0.853 bits per heavy atom. The molecule has 0 saturated carbocycles. The molecule has 3 rings (SSSR count). The molecule has 6 heteroatoms. The predicted octanol–water partition coefficient (Wildman–Crippen LogP) is 4.86. The van der Waals surface area contributed by atoms with Gasteiger partial charge in [-0.15, -0.1) is 0 Å². The molecule has 6 nitrogen and oxygen atoms in total. The Balaban J connectivity index is 1.83. The Kier molecular flexibility index (Phi) is 7.70. The smallest absolute Gasteiger partial charge is 0.310 e. The normalized spacial score (nSPS) is 15.3. The second kappa shape index (κ2) is 10.3. The van der Waals surface area contributed by atoms with Crippen LogP contribution in [0.1, 0.15) is 73.7 Å². The maximum atomic E-state index is 13.2. The summed E-state index contributed by atoms with van der Waals surface area (Å²) in [6, 6.07) is 15.5. The Morgan fingerprint density at radius 3 is 1.88 bits per heavy atom. The molecule has 0 radical (unpaired) electrons. The maximum absolute atomic E-state index is 13.2. The highest BCUT2D eigenvalue weighted by Crippen LogP contribution is 2.29. The predicted molar refractivity (Wildman–Crippen MR) is 129 cm³/mol. The van der Waals surface area contributed by atoms with Crippen LogP contribution in [0.4, 0.5) is 0 Å². The van der Waals surface area contributed by atoms with Crippen molar-refractivity contribution in [1.29, 1.82) is 0 Å². The number of amides is 2. The number of carbonyl (C=O) groups excluding carboxylic acids is 4. The molecule has 180 valence electrons. The summed E-state index contributed by atoms with van der Waals surface area (Å²) in [5, 5.41) is 0. The third kappa shape index (κ3) is 5.99. The molecule has 0 bridgehead atoms. The number of ketones is 1. The van der Waals surface area contributed by atoms with Crippen LogP contribution in [0.2, 0.25) is 0 Å². The molecule has 2 amide bonds. The number of hydrogen-bond acceptors (Lipinski definition) is 5. The summed E-state index contributed by atoms with van der Waals surface area (Å²) in [7, 11) is 0. The first kappa shape index (κ1) is 25.3. The van der Waals surface area contributed by atoms with Crippen LogP contribution < -0.4 is 0 Å². The topological polar surface area (TPSA) is 80.8 Å². The Hall–Kier alpha value is -3.28. The van der Waals surface area contributed by atoms with Crippen molar-refractivity contribution in [2.45, 2.75) is 65.5 Å². The number of benzene rings is 2. The second-order valence-electron chi connectivity index (χ2n) is 10.2. The van der Waals surface area contributed by atoms with E-state index in [1.807, 2.05) is 44.2 Å². The van der Waals surface area contributed by atoms with Crippen LogP contribution in [0.5, 0.6) is 0 Å². The molecule has 1 aliphatic heterocycles. The summed E-state index contributed by atoms with van der Waals surface area (Å²) in [5.74, 6) is -2.04. The lowest BCUT2D eigenvalue weighted by Crippen LogP contribution is -2.43. The van der Waals surface area contributed by atoms with Gasteiger partial charge in [0.15, 0.2) is 0 Å². The highest BCUT2D eigenvalue weighted by atomic mass is 16.6. The number of carbonyl (C=O) groups is 4. The number of esters is 1. The Labute approximate surface area is 201 Å². The molecule has 2 aromatic rings. The fourth-order valence-electron chi connectivity index (χ4n) is 4.24. The fraction of sp³-hybridized carbons (Fsp3) is 0.429. The molecule has 1 heterocycles. The van der Waals surface area contributed by atoms with Crippen molar-refractivity contribution in [2.75, 3.05) is 0 Å². The largest absolute Gasteiger partial charge is 0.460 e. The Bertz CT molecular complexity index is 1030. The van der Waals surface area contributed by atoms with Gasteiger partial charge in [0, 0.05) is 12.8 Å². The van der Waals surface area contributed by atoms with E-state index in [0.717, 1.165) is 5.56 Å². The molecule has 2 aromatic carbocycles. The van der Waals surface area contributed by atoms with Crippen molar-refractivity contribution < 1.29 is 23.9 Å². The first-order valence-corrected chi connectivity index (χ1v) is 11.7. The average molecular weight is 464 g/mol. The van der Waals surface area contributed by atoms with Gasteiger partial charge in [-0.25, -0.2) is 0 Å². The summed E-state index contributed by atoms with van der Waals surface area (Å²) in [4.78, 5) is 53.4. The van der Waals surface area contributed by atoms with Gasteiger partial charge in [-0.3, -0.25) is 24.1 Å². The number of imide groups is 1. The first-order valence-electron chi connectivity index (χ1n) is 11.7. The summed E-state index contributed by atoms with van der Waals surface area (Å²) in [6.07, 6.45) is 0.338. The summed E-state index contributed by atoms with van der Waals surface area (Å²) in [5.41, 5.74) is 0.978. The quantitative estimate of drug-likeness (QED) is 0.392. The van der Waals surface area contributed by atoms with E-state index in [0.29, 0.717) is 17.5 Å². The highest BCUT2D eigenvalue weighted by molar-refractivity contribution is 6.21. The van der Waals surface area contributed by atoms with Gasteiger partial charge in [0.25, 0.3) is 11.8 Å². The molecule has 0 saturated heterocycles. The van der Waals surface area contributed by atoms with E-state index in [1.165, 1.54) is 4.90 Å². The van der Waals surface area contributed by atoms with Gasteiger partial charge < -0.3 is 4.74 Å². The average Bonchev–Trinajstić information content (AvgIpc) is 3.01. The number of ether oxygens (including phenoxy) is 1. The maximum Gasteiger partial charge on any atom is 0.310 e. The summed E-state index contributed by atoms with van der Waals surface area (Å²) in [6.45, 7) is 9.15. The van der Waals surface area contributed by atoms with Crippen molar-refractivity contribution in [3.05, 3.63) is 71.3 Å². The molecular formula is C28H33NO5. The lowest BCUT2D eigenvalue weighted by molar-refractivity contribution is -0.163. The molecular weight excluding hydrogens is 430 g/mol. The zero-order valence-corrected chi connectivity index (χ0v) is 20.5. The molecule has 34 heavy (non-hydrogen) atoms. The molecule has 0 spiro atoms. The zero-order valence-electron chi connectivity index (χ0n) is 20.5. The zero-order chi connectivity index (χ0) is 25.0. The lowest BCUT2D eigenvalue weighted by Gasteiger charge is -2.28. The minimum atomic E-state index is -0.650. The van der Waals surface area contributed by atoms with Crippen LogP contribution in [0, 0.1) is 11.8 Å². The number of nitrogens with zero attached hydrogens (tertiary/aromatic N) is 1. The number of hydrogen-bond donors (Lipinski definition) is 0.